The first-order valence-electron chi connectivity index (χ1n) is 8.27. The monoisotopic (exact) mass is 320 g/mol. The first kappa shape index (κ1) is 14.9. The van der Waals surface area contributed by atoms with E-state index in [2.05, 4.69) is 26.3 Å². The van der Waals surface area contributed by atoms with Crippen molar-refractivity contribution in [3.05, 3.63) is 70.9 Å². The molecule has 0 saturated carbocycles. The molecule has 1 aliphatic heterocycles. The summed E-state index contributed by atoms with van der Waals surface area (Å²) in [5.74, 6) is 0. The van der Waals surface area contributed by atoms with E-state index in [0.717, 1.165) is 42.5 Å². The molecule has 122 valence electrons. The smallest absolute Gasteiger partial charge is 0.255 e. The Hall–Kier alpha value is -2.66. The Balaban J connectivity index is 1.42. The second-order valence-corrected chi connectivity index (χ2v) is 6.34. The molecule has 0 spiro atoms. The number of H-pyrrole nitrogens is 1. The predicted molar refractivity (Wildman–Crippen MR) is 96.1 cm³/mol. The molecule has 1 saturated heterocycles. The molecule has 1 aliphatic rings. The number of pyridine rings is 2. The summed E-state index contributed by atoms with van der Waals surface area (Å²) in [6.07, 6.45) is 6.55. The molecule has 4 rings (SSSR count). The average molecular weight is 320 g/mol. The van der Waals surface area contributed by atoms with Crippen LogP contribution in [0.15, 0.2) is 59.8 Å². The Bertz CT molecular complexity index is 891. The van der Waals surface area contributed by atoms with E-state index in [-0.39, 0.29) is 5.56 Å². The van der Waals surface area contributed by atoms with Crippen molar-refractivity contribution in [2.24, 2.45) is 0 Å². The van der Waals surface area contributed by atoms with Crippen LogP contribution in [0.25, 0.3) is 10.8 Å². The molecule has 0 bridgehead atoms. The van der Waals surface area contributed by atoms with E-state index in [4.69, 9.17) is 0 Å². The van der Waals surface area contributed by atoms with Gasteiger partial charge in [0.1, 0.15) is 0 Å². The number of hydrogen-bond acceptors (Lipinski definition) is 4. The van der Waals surface area contributed by atoms with Crippen molar-refractivity contribution >= 4 is 16.5 Å². The Morgan fingerprint density at radius 3 is 3.12 bits per heavy atom. The van der Waals surface area contributed by atoms with E-state index in [0.29, 0.717) is 6.04 Å². The highest BCUT2D eigenvalue weighted by molar-refractivity contribution is 5.84. The zero-order valence-electron chi connectivity index (χ0n) is 13.4. The largest absolute Gasteiger partial charge is 0.381 e. The lowest BCUT2D eigenvalue weighted by Crippen LogP contribution is -2.26. The summed E-state index contributed by atoms with van der Waals surface area (Å²) in [5.41, 5.74) is 2.28. The fourth-order valence-electron chi connectivity index (χ4n) is 3.36. The summed E-state index contributed by atoms with van der Waals surface area (Å²) in [5, 5.41) is 5.29. The lowest BCUT2D eigenvalue weighted by molar-refractivity contribution is 0.328. The lowest BCUT2D eigenvalue weighted by Gasteiger charge is -2.17. The van der Waals surface area contributed by atoms with Gasteiger partial charge in [-0.05, 0) is 47.7 Å². The van der Waals surface area contributed by atoms with Crippen LogP contribution in [0.4, 0.5) is 5.69 Å². The van der Waals surface area contributed by atoms with Gasteiger partial charge in [-0.15, -0.1) is 0 Å². The average Bonchev–Trinajstić information content (AvgIpc) is 3.03. The van der Waals surface area contributed by atoms with Gasteiger partial charge in [-0.25, -0.2) is 0 Å². The molecule has 3 heterocycles. The minimum atomic E-state index is -0.0393. The lowest BCUT2D eigenvalue weighted by atomic mass is 10.1. The van der Waals surface area contributed by atoms with Crippen LogP contribution >= 0.6 is 0 Å². The van der Waals surface area contributed by atoms with Gasteiger partial charge in [0.15, 0.2) is 0 Å². The van der Waals surface area contributed by atoms with Crippen molar-refractivity contribution in [3.63, 3.8) is 0 Å². The molecule has 5 nitrogen and oxygen atoms in total. The second-order valence-electron chi connectivity index (χ2n) is 6.34. The predicted octanol–water partition coefficient (Wildman–Crippen LogP) is 2.61. The zero-order chi connectivity index (χ0) is 16.4. The van der Waals surface area contributed by atoms with Gasteiger partial charge in [-0.1, -0.05) is 6.07 Å². The standard InChI is InChI=1S/C19H20N4O/c24-19-18-4-3-16(10-15(18)5-8-21-19)22-17-6-9-23(13-17)12-14-2-1-7-20-11-14/h1-5,7-8,10-11,17,22H,6,9,12-13H2,(H,21,24)/t17-/m0/s1. The summed E-state index contributed by atoms with van der Waals surface area (Å²) < 4.78 is 0. The third-order valence-electron chi connectivity index (χ3n) is 4.55. The maximum absolute atomic E-state index is 11.8. The van der Waals surface area contributed by atoms with Crippen LogP contribution in [0.2, 0.25) is 0 Å². The molecule has 0 aliphatic carbocycles. The number of nitrogens with one attached hydrogen (secondary N) is 2. The van der Waals surface area contributed by atoms with Gasteiger partial charge in [0.05, 0.1) is 0 Å². The molecule has 3 aromatic rings. The molecule has 1 fully saturated rings. The Morgan fingerprint density at radius 2 is 2.25 bits per heavy atom. The molecule has 5 heteroatoms. The van der Waals surface area contributed by atoms with E-state index < -0.39 is 0 Å². The molecule has 0 radical (unpaired) electrons. The molecule has 2 N–H and O–H groups in total. The van der Waals surface area contributed by atoms with Gasteiger partial charge in [0, 0.05) is 55.3 Å². The highest BCUT2D eigenvalue weighted by atomic mass is 16.1. The number of benzene rings is 1. The van der Waals surface area contributed by atoms with Crippen LogP contribution in [0.3, 0.4) is 0 Å². The van der Waals surface area contributed by atoms with Gasteiger partial charge >= 0.3 is 0 Å². The number of anilines is 1. The summed E-state index contributed by atoms with van der Waals surface area (Å²) in [7, 11) is 0. The number of aromatic nitrogens is 2. The number of nitrogens with zero attached hydrogens (tertiary/aromatic N) is 2. The molecule has 2 aromatic heterocycles. The summed E-state index contributed by atoms with van der Waals surface area (Å²) in [6, 6.07) is 12.4. The van der Waals surface area contributed by atoms with Crippen LogP contribution in [0.1, 0.15) is 12.0 Å². The van der Waals surface area contributed by atoms with Gasteiger partial charge in [-0.3, -0.25) is 14.7 Å². The molecule has 0 unspecified atom stereocenters. The molecular formula is C19H20N4O. The van der Waals surface area contributed by atoms with Crippen molar-refractivity contribution in [2.75, 3.05) is 18.4 Å². The van der Waals surface area contributed by atoms with Crippen molar-refractivity contribution in [3.8, 4) is 0 Å². The van der Waals surface area contributed by atoms with E-state index in [1.54, 1.807) is 6.20 Å². The minimum Gasteiger partial charge on any atom is -0.381 e. The fourth-order valence-corrected chi connectivity index (χ4v) is 3.36. The summed E-state index contributed by atoms with van der Waals surface area (Å²) in [4.78, 5) is 21.1. The molecule has 0 amide bonds. The van der Waals surface area contributed by atoms with Crippen molar-refractivity contribution in [1.82, 2.24) is 14.9 Å². The maximum Gasteiger partial charge on any atom is 0.255 e. The quantitative estimate of drug-likeness (QED) is 0.776. The van der Waals surface area contributed by atoms with Crippen molar-refractivity contribution < 1.29 is 0 Å². The summed E-state index contributed by atoms with van der Waals surface area (Å²) in [6.45, 7) is 3.04. The van der Waals surface area contributed by atoms with Crippen LogP contribution in [0, 0.1) is 0 Å². The van der Waals surface area contributed by atoms with Gasteiger partial charge in [0.2, 0.25) is 0 Å². The molecular weight excluding hydrogens is 300 g/mol. The van der Waals surface area contributed by atoms with E-state index in [1.807, 2.05) is 42.7 Å². The number of hydrogen-bond donors (Lipinski definition) is 2. The number of rotatable bonds is 4. The number of fused-ring (bicyclic) bond motifs is 1. The zero-order valence-corrected chi connectivity index (χ0v) is 13.4. The first-order chi connectivity index (χ1) is 11.8. The Labute approximate surface area is 140 Å². The van der Waals surface area contributed by atoms with Crippen LogP contribution in [-0.4, -0.2) is 34.0 Å². The van der Waals surface area contributed by atoms with E-state index >= 15 is 0 Å². The normalized spacial score (nSPS) is 18.1. The van der Waals surface area contributed by atoms with Crippen molar-refractivity contribution in [1.29, 1.82) is 0 Å². The molecule has 24 heavy (non-hydrogen) atoms. The van der Waals surface area contributed by atoms with Crippen molar-refractivity contribution in [2.45, 2.75) is 19.0 Å². The van der Waals surface area contributed by atoms with Gasteiger partial charge in [-0.2, -0.15) is 0 Å². The molecule has 1 aromatic carbocycles. The van der Waals surface area contributed by atoms with Crippen LogP contribution < -0.4 is 10.9 Å². The van der Waals surface area contributed by atoms with E-state index in [9.17, 15) is 4.79 Å². The Morgan fingerprint density at radius 1 is 1.29 bits per heavy atom. The minimum absolute atomic E-state index is 0.0393. The fraction of sp³-hybridized carbons (Fsp3) is 0.263. The number of likely N-dealkylation sites (tertiary alicyclic amines) is 1. The first-order valence-corrected chi connectivity index (χ1v) is 8.27. The Kier molecular flexibility index (Phi) is 4.01. The highest BCUT2D eigenvalue weighted by Crippen LogP contribution is 2.20. The second kappa shape index (κ2) is 6.45. The third kappa shape index (κ3) is 3.16. The van der Waals surface area contributed by atoms with Gasteiger partial charge < -0.3 is 10.3 Å². The maximum atomic E-state index is 11.8. The van der Waals surface area contributed by atoms with Crippen LogP contribution in [0.5, 0.6) is 0 Å². The SMILES string of the molecule is O=c1[nH]ccc2cc(N[C@H]3CCN(Cc4cccnc4)C3)ccc12. The molecule has 1 atom stereocenters. The van der Waals surface area contributed by atoms with E-state index in [1.165, 1.54) is 5.56 Å². The summed E-state index contributed by atoms with van der Waals surface area (Å²) >= 11 is 0. The van der Waals surface area contributed by atoms with Gasteiger partial charge in [0.25, 0.3) is 5.56 Å². The highest BCUT2D eigenvalue weighted by Gasteiger charge is 2.22. The topological polar surface area (TPSA) is 61.0 Å². The third-order valence-corrected chi connectivity index (χ3v) is 4.55. The number of aromatic amines is 1. The van der Waals surface area contributed by atoms with Crippen LogP contribution in [-0.2, 0) is 6.54 Å².